The molecule has 0 aromatic carbocycles. The monoisotopic (exact) mass is 296 g/mol. The van der Waals surface area contributed by atoms with Gasteiger partial charge in [0.2, 0.25) is 0 Å². The van der Waals surface area contributed by atoms with Crippen LogP contribution in [-0.2, 0) is 4.74 Å². The zero-order valence-corrected chi connectivity index (χ0v) is 13.5. The van der Waals surface area contributed by atoms with Gasteiger partial charge < -0.3 is 9.84 Å². The molecule has 2 heterocycles. The Bertz CT molecular complexity index is 320. The summed E-state index contributed by atoms with van der Waals surface area (Å²) in [6, 6.07) is 1.11. The first kappa shape index (κ1) is 15.7. The molecule has 4 heteroatoms. The van der Waals surface area contributed by atoms with Gasteiger partial charge >= 0.3 is 0 Å². The highest BCUT2D eigenvalue weighted by molar-refractivity contribution is 4.93. The van der Waals surface area contributed by atoms with Gasteiger partial charge in [-0.3, -0.25) is 9.80 Å². The Morgan fingerprint density at radius 3 is 2.62 bits per heavy atom. The number of aliphatic hydroxyl groups is 1. The van der Waals surface area contributed by atoms with Crippen molar-refractivity contribution in [3.63, 3.8) is 0 Å². The molecule has 0 aromatic heterocycles. The fraction of sp³-hybridized carbons (Fsp3) is 1.00. The first-order chi connectivity index (χ1) is 10.3. The molecule has 0 aromatic rings. The van der Waals surface area contributed by atoms with Crippen molar-refractivity contribution in [3.05, 3.63) is 0 Å². The highest BCUT2D eigenvalue weighted by Crippen LogP contribution is 2.33. The lowest BCUT2D eigenvalue weighted by Crippen LogP contribution is -2.49. The fourth-order valence-corrected chi connectivity index (χ4v) is 4.59. The van der Waals surface area contributed by atoms with Crippen LogP contribution in [-0.4, -0.2) is 72.5 Å². The van der Waals surface area contributed by atoms with Crippen molar-refractivity contribution >= 4 is 0 Å². The normalized spacial score (nSPS) is 39.7. The zero-order valence-electron chi connectivity index (χ0n) is 13.5. The molecule has 1 saturated carbocycles. The summed E-state index contributed by atoms with van der Waals surface area (Å²) in [6.07, 6.45) is 7.24. The molecule has 0 radical (unpaired) electrons. The Kier molecular flexibility index (Phi) is 5.54. The molecule has 0 spiro atoms. The molecule has 3 rings (SSSR count). The molecule has 4 unspecified atom stereocenters. The number of morpholine rings is 1. The van der Waals surface area contributed by atoms with Crippen LogP contribution in [0.15, 0.2) is 0 Å². The SMILES string of the molecule is CCCC1CCC(O)C(N2CCC(N3CCOCC3)C2)C1. The van der Waals surface area contributed by atoms with Crippen LogP contribution in [0, 0.1) is 5.92 Å². The van der Waals surface area contributed by atoms with Gasteiger partial charge in [0.15, 0.2) is 0 Å². The molecule has 1 N–H and O–H groups in total. The minimum absolute atomic E-state index is 0.0958. The Hall–Kier alpha value is -0.160. The van der Waals surface area contributed by atoms with E-state index in [2.05, 4.69) is 16.7 Å². The van der Waals surface area contributed by atoms with Crippen molar-refractivity contribution in [2.75, 3.05) is 39.4 Å². The maximum Gasteiger partial charge on any atom is 0.0695 e. The topological polar surface area (TPSA) is 35.9 Å². The van der Waals surface area contributed by atoms with E-state index >= 15 is 0 Å². The first-order valence-corrected chi connectivity index (χ1v) is 9.02. The number of nitrogens with zero attached hydrogens (tertiary/aromatic N) is 2. The Balaban J connectivity index is 1.54. The van der Waals surface area contributed by atoms with Crippen molar-refractivity contribution in [2.45, 2.75) is 63.6 Å². The second kappa shape index (κ2) is 7.40. The number of hydrogen-bond donors (Lipinski definition) is 1. The zero-order chi connectivity index (χ0) is 14.7. The third-order valence-electron chi connectivity index (χ3n) is 5.81. The van der Waals surface area contributed by atoms with E-state index in [1.165, 1.54) is 38.6 Å². The largest absolute Gasteiger partial charge is 0.391 e. The van der Waals surface area contributed by atoms with E-state index in [4.69, 9.17) is 4.74 Å². The average molecular weight is 296 g/mol. The van der Waals surface area contributed by atoms with E-state index in [1.54, 1.807) is 0 Å². The third-order valence-corrected chi connectivity index (χ3v) is 5.81. The minimum Gasteiger partial charge on any atom is -0.391 e. The molecule has 4 atom stereocenters. The van der Waals surface area contributed by atoms with Crippen LogP contribution in [0.5, 0.6) is 0 Å². The van der Waals surface area contributed by atoms with E-state index < -0.39 is 0 Å². The predicted molar refractivity (Wildman–Crippen MR) is 84.4 cm³/mol. The van der Waals surface area contributed by atoms with E-state index in [0.717, 1.165) is 45.2 Å². The molecule has 0 amide bonds. The highest BCUT2D eigenvalue weighted by atomic mass is 16.5. The Labute approximate surface area is 129 Å². The Morgan fingerprint density at radius 1 is 1.05 bits per heavy atom. The van der Waals surface area contributed by atoms with Gasteiger partial charge in [-0.2, -0.15) is 0 Å². The van der Waals surface area contributed by atoms with Crippen LogP contribution in [0.1, 0.15) is 45.4 Å². The van der Waals surface area contributed by atoms with E-state index in [0.29, 0.717) is 12.1 Å². The predicted octanol–water partition coefficient (Wildman–Crippen LogP) is 1.72. The van der Waals surface area contributed by atoms with Crippen molar-refractivity contribution in [2.24, 2.45) is 5.92 Å². The Morgan fingerprint density at radius 2 is 1.86 bits per heavy atom. The van der Waals surface area contributed by atoms with Gasteiger partial charge in [0, 0.05) is 38.3 Å². The van der Waals surface area contributed by atoms with E-state index in [9.17, 15) is 5.11 Å². The summed E-state index contributed by atoms with van der Waals surface area (Å²) in [7, 11) is 0. The molecule has 0 bridgehead atoms. The molecule has 3 fully saturated rings. The molecule has 2 aliphatic heterocycles. The maximum atomic E-state index is 10.4. The van der Waals surface area contributed by atoms with Crippen LogP contribution in [0.4, 0.5) is 0 Å². The number of likely N-dealkylation sites (tertiary alicyclic amines) is 1. The van der Waals surface area contributed by atoms with Crippen LogP contribution in [0.3, 0.4) is 0 Å². The quantitative estimate of drug-likeness (QED) is 0.857. The smallest absolute Gasteiger partial charge is 0.0695 e. The molecule has 1 aliphatic carbocycles. The van der Waals surface area contributed by atoms with Gasteiger partial charge in [-0.05, 0) is 31.6 Å². The van der Waals surface area contributed by atoms with E-state index in [-0.39, 0.29) is 6.10 Å². The lowest BCUT2D eigenvalue weighted by atomic mass is 9.81. The molecule has 122 valence electrons. The fourth-order valence-electron chi connectivity index (χ4n) is 4.59. The molecular weight excluding hydrogens is 264 g/mol. The second-order valence-electron chi connectivity index (χ2n) is 7.19. The van der Waals surface area contributed by atoms with Crippen molar-refractivity contribution in [1.82, 2.24) is 9.80 Å². The van der Waals surface area contributed by atoms with Crippen LogP contribution < -0.4 is 0 Å². The van der Waals surface area contributed by atoms with Gasteiger partial charge in [0.05, 0.1) is 19.3 Å². The van der Waals surface area contributed by atoms with Gasteiger partial charge in [-0.25, -0.2) is 0 Å². The summed E-state index contributed by atoms with van der Waals surface area (Å²) in [5.74, 6) is 0.839. The molecule has 4 nitrogen and oxygen atoms in total. The summed E-state index contributed by atoms with van der Waals surface area (Å²) in [4.78, 5) is 5.19. The second-order valence-corrected chi connectivity index (χ2v) is 7.19. The van der Waals surface area contributed by atoms with Gasteiger partial charge in [-0.1, -0.05) is 19.8 Å². The third kappa shape index (κ3) is 3.79. The number of aliphatic hydroxyl groups excluding tert-OH is 1. The molecule has 3 aliphatic rings. The van der Waals surface area contributed by atoms with Crippen molar-refractivity contribution in [3.8, 4) is 0 Å². The van der Waals surface area contributed by atoms with Crippen LogP contribution in [0.25, 0.3) is 0 Å². The minimum atomic E-state index is -0.0958. The first-order valence-electron chi connectivity index (χ1n) is 9.02. The number of ether oxygens (including phenoxy) is 1. The van der Waals surface area contributed by atoms with Crippen LogP contribution in [0.2, 0.25) is 0 Å². The lowest BCUT2D eigenvalue weighted by Gasteiger charge is -2.39. The molecule has 2 saturated heterocycles. The van der Waals surface area contributed by atoms with Gasteiger partial charge in [0.1, 0.15) is 0 Å². The van der Waals surface area contributed by atoms with Crippen LogP contribution >= 0.6 is 0 Å². The standard InChI is InChI=1S/C17H32N2O2/c1-2-3-14-4-5-17(20)16(12-14)19-7-6-15(13-19)18-8-10-21-11-9-18/h14-17,20H,2-13H2,1H3. The van der Waals surface area contributed by atoms with Gasteiger partial charge in [-0.15, -0.1) is 0 Å². The molecular formula is C17H32N2O2. The average Bonchev–Trinajstić information content (AvgIpc) is 3.00. The maximum absolute atomic E-state index is 10.4. The van der Waals surface area contributed by atoms with E-state index in [1.807, 2.05) is 0 Å². The highest BCUT2D eigenvalue weighted by Gasteiger charge is 2.38. The summed E-state index contributed by atoms with van der Waals surface area (Å²) in [5, 5.41) is 10.4. The summed E-state index contributed by atoms with van der Waals surface area (Å²) in [6.45, 7) is 8.56. The molecule has 21 heavy (non-hydrogen) atoms. The lowest BCUT2D eigenvalue weighted by molar-refractivity contribution is -0.00173. The number of rotatable bonds is 4. The number of hydrogen-bond acceptors (Lipinski definition) is 4. The van der Waals surface area contributed by atoms with Crippen molar-refractivity contribution < 1.29 is 9.84 Å². The van der Waals surface area contributed by atoms with Gasteiger partial charge in [0.25, 0.3) is 0 Å². The van der Waals surface area contributed by atoms with Crippen molar-refractivity contribution in [1.29, 1.82) is 0 Å². The summed E-state index contributed by atoms with van der Waals surface area (Å²) < 4.78 is 5.47. The summed E-state index contributed by atoms with van der Waals surface area (Å²) >= 11 is 0. The summed E-state index contributed by atoms with van der Waals surface area (Å²) in [5.41, 5.74) is 0.